The van der Waals surface area contributed by atoms with Crippen LogP contribution in [0, 0.1) is 0 Å². The number of nitrogens with one attached hydrogen (secondary N) is 1. The topological polar surface area (TPSA) is 76.0 Å². The first-order chi connectivity index (χ1) is 17.0. The van der Waals surface area contributed by atoms with E-state index in [0.29, 0.717) is 13.1 Å². The van der Waals surface area contributed by atoms with Crippen LogP contribution in [-0.4, -0.2) is 77.3 Å². The third-order valence-corrected chi connectivity index (χ3v) is 7.16. The van der Waals surface area contributed by atoms with E-state index in [1.165, 1.54) is 11.1 Å². The maximum atomic E-state index is 13.2. The van der Waals surface area contributed by atoms with Gasteiger partial charge in [0.05, 0.1) is 12.2 Å². The molecule has 2 aromatic carbocycles. The second kappa shape index (κ2) is 15.2. The van der Waals surface area contributed by atoms with Crippen molar-refractivity contribution in [1.82, 2.24) is 15.1 Å². The van der Waals surface area contributed by atoms with Gasteiger partial charge in [-0.1, -0.05) is 48.5 Å². The van der Waals surface area contributed by atoms with Crippen LogP contribution in [0.3, 0.4) is 0 Å². The Morgan fingerprint density at radius 3 is 1.45 bits per heavy atom. The number of ketones is 1. The van der Waals surface area contributed by atoms with Crippen LogP contribution < -0.4 is 5.32 Å². The maximum Gasteiger partial charge on any atom is 0.187 e. The lowest BCUT2D eigenvalue weighted by Crippen LogP contribution is -2.32. The standard InChI is InChI=1S/C29H35N3O3.3ClH/c33-27-9-11-31(19-27)17-23-5-1-21(2-6-23)13-25-15-30-16-26(29(25)35)14-22-3-7-24(8-4-22)18-32-12-10-28(34)20-32;;;/h1-8,13-14,27-28,30,33-34H,9-12,15-20H2;3*1H/b25-13+,26-14+;;;. The van der Waals surface area contributed by atoms with Crippen molar-refractivity contribution in [2.75, 3.05) is 39.3 Å². The molecular formula is C29H38Cl3N3O3. The minimum Gasteiger partial charge on any atom is -0.392 e. The molecule has 2 atom stereocenters. The molecule has 3 saturated heterocycles. The van der Waals surface area contributed by atoms with Crippen LogP contribution >= 0.6 is 37.2 Å². The maximum absolute atomic E-state index is 13.2. The van der Waals surface area contributed by atoms with Crippen molar-refractivity contribution in [2.24, 2.45) is 0 Å². The Labute approximate surface area is 244 Å². The number of rotatable bonds is 6. The lowest BCUT2D eigenvalue weighted by atomic mass is 9.95. The molecule has 9 heteroatoms. The van der Waals surface area contributed by atoms with E-state index < -0.39 is 0 Å². The molecule has 0 aliphatic carbocycles. The Hall–Kier alpha value is -1.74. The molecule has 3 aliphatic heterocycles. The number of piperidine rings is 1. The van der Waals surface area contributed by atoms with Gasteiger partial charge in [0.15, 0.2) is 5.78 Å². The number of carbonyl (C=O) groups excluding carboxylic acids is 1. The van der Waals surface area contributed by atoms with Gasteiger partial charge in [-0.05, 0) is 47.2 Å². The minimum absolute atomic E-state index is 0. The number of hydrogen-bond acceptors (Lipinski definition) is 6. The van der Waals surface area contributed by atoms with Crippen molar-refractivity contribution in [2.45, 2.75) is 38.1 Å². The normalized spacial score (nSPS) is 24.2. The second-order valence-corrected chi connectivity index (χ2v) is 10.1. The summed E-state index contributed by atoms with van der Waals surface area (Å²) in [6.45, 7) is 6.20. The summed E-state index contributed by atoms with van der Waals surface area (Å²) in [6.07, 6.45) is 5.27. The van der Waals surface area contributed by atoms with E-state index in [1.807, 2.05) is 12.2 Å². The fraction of sp³-hybridized carbons (Fsp3) is 0.414. The third kappa shape index (κ3) is 8.63. The molecule has 0 aromatic heterocycles. The number of likely N-dealkylation sites (tertiary alicyclic amines) is 2. The van der Waals surface area contributed by atoms with Crippen LogP contribution in [0.25, 0.3) is 12.2 Å². The number of hydrogen-bond donors (Lipinski definition) is 3. The molecule has 3 fully saturated rings. The van der Waals surface area contributed by atoms with E-state index >= 15 is 0 Å². The van der Waals surface area contributed by atoms with Crippen molar-refractivity contribution in [3.8, 4) is 0 Å². The van der Waals surface area contributed by atoms with Crippen LogP contribution in [0.15, 0.2) is 59.7 Å². The van der Waals surface area contributed by atoms with Crippen molar-refractivity contribution in [1.29, 1.82) is 0 Å². The fourth-order valence-corrected chi connectivity index (χ4v) is 5.20. The van der Waals surface area contributed by atoms with E-state index in [1.54, 1.807) is 0 Å². The molecule has 0 bridgehead atoms. The number of aliphatic hydroxyl groups is 2. The summed E-state index contributed by atoms with van der Waals surface area (Å²) in [5.74, 6) is 0.106. The van der Waals surface area contributed by atoms with E-state index in [2.05, 4.69) is 63.6 Å². The molecule has 38 heavy (non-hydrogen) atoms. The average molecular weight is 583 g/mol. The molecule has 3 N–H and O–H groups in total. The van der Waals surface area contributed by atoms with Crippen LogP contribution in [0.1, 0.15) is 35.1 Å². The monoisotopic (exact) mass is 581 g/mol. The Morgan fingerprint density at radius 2 is 1.11 bits per heavy atom. The largest absolute Gasteiger partial charge is 0.392 e. The zero-order valence-electron chi connectivity index (χ0n) is 21.4. The lowest BCUT2D eigenvalue weighted by Gasteiger charge is -2.18. The predicted molar refractivity (Wildman–Crippen MR) is 160 cm³/mol. The second-order valence-electron chi connectivity index (χ2n) is 10.1. The summed E-state index contributed by atoms with van der Waals surface area (Å²) in [5, 5.41) is 22.8. The molecule has 0 radical (unpaired) electrons. The van der Waals surface area contributed by atoms with Crippen molar-refractivity contribution >= 4 is 55.2 Å². The van der Waals surface area contributed by atoms with Gasteiger partial charge in [-0.2, -0.15) is 0 Å². The van der Waals surface area contributed by atoms with Crippen LogP contribution in [0.4, 0.5) is 0 Å². The molecule has 0 amide bonds. The highest BCUT2D eigenvalue weighted by atomic mass is 35.5. The highest BCUT2D eigenvalue weighted by molar-refractivity contribution is 6.14. The molecule has 5 rings (SSSR count). The van der Waals surface area contributed by atoms with E-state index in [4.69, 9.17) is 0 Å². The zero-order valence-corrected chi connectivity index (χ0v) is 23.9. The average Bonchev–Trinajstić information content (AvgIpc) is 3.46. The predicted octanol–water partition coefficient (Wildman–Crippen LogP) is 3.72. The van der Waals surface area contributed by atoms with Crippen LogP contribution in [0.5, 0.6) is 0 Å². The third-order valence-electron chi connectivity index (χ3n) is 7.16. The molecular weight excluding hydrogens is 545 g/mol. The van der Waals surface area contributed by atoms with Crippen LogP contribution in [0.2, 0.25) is 0 Å². The Balaban J connectivity index is 0.00000169. The molecule has 2 unspecified atom stereocenters. The number of carbonyl (C=O) groups is 1. The summed E-state index contributed by atoms with van der Waals surface area (Å²) in [7, 11) is 0. The van der Waals surface area contributed by atoms with Gasteiger partial charge < -0.3 is 15.5 Å². The zero-order chi connectivity index (χ0) is 24.2. The van der Waals surface area contributed by atoms with Crippen molar-refractivity contribution < 1.29 is 15.0 Å². The van der Waals surface area contributed by atoms with Crippen molar-refractivity contribution in [3.63, 3.8) is 0 Å². The number of nitrogens with zero attached hydrogens (tertiary/aromatic N) is 2. The van der Waals surface area contributed by atoms with Gasteiger partial charge in [-0.15, -0.1) is 37.2 Å². The summed E-state index contributed by atoms with van der Waals surface area (Å²) in [6, 6.07) is 16.7. The quantitative estimate of drug-likeness (QED) is 0.451. The minimum atomic E-state index is -0.200. The van der Waals surface area contributed by atoms with Crippen LogP contribution in [-0.2, 0) is 17.9 Å². The van der Waals surface area contributed by atoms with Gasteiger partial charge in [0.25, 0.3) is 0 Å². The molecule has 3 heterocycles. The van der Waals surface area contributed by atoms with Crippen molar-refractivity contribution in [3.05, 3.63) is 81.9 Å². The van der Waals surface area contributed by atoms with Gasteiger partial charge in [0, 0.05) is 63.5 Å². The van der Waals surface area contributed by atoms with Gasteiger partial charge in [-0.25, -0.2) is 0 Å². The highest BCUT2D eigenvalue weighted by Gasteiger charge is 2.22. The van der Waals surface area contributed by atoms with Gasteiger partial charge in [0.1, 0.15) is 0 Å². The first-order valence-electron chi connectivity index (χ1n) is 12.7. The number of benzene rings is 2. The van der Waals surface area contributed by atoms with Gasteiger partial charge in [0.2, 0.25) is 0 Å². The molecule has 0 spiro atoms. The number of halogens is 3. The molecule has 208 valence electrons. The number of aliphatic hydroxyl groups excluding tert-OH is 2. The van der Waals surface area contributed by atoms with E-state index in [9.17, 15) is 15.0 Å². The van der Waals surface area contributed by atoms with E-state index in [0.717, 1.165) is 74.4 Å². The summed E-state index contributed by atoms with van der Waals surface area (Å²) in [4.78, 5) is 17.7. The lowest BCUT2D eigenvalue weighted by molar-refractivity contribution is -0.112. The summed E-state index contributed by atoms with van der Waals surface area (Å²) >= 11 is 0. The van der Waals surface area contributed by atoms with E-state index in [-0.39, 0.29) is 55.2 Å². The molecule has 3 aliphatic rings. The first-order valence-corrected chi connectivity index (χ1v) is 12.7. The number of Topliss-reactive ketones (excluding diaryl/α,β-unsaturated/α-hetero) is 1. The highest BCUT2D eigenvalue weighted by Crippen LogP contribution is 2.20. The smallest absolute Gasteiger partial charge is 0.187 e. The Morgan fingerprint density at radius 1 is 0.711 bits per heavy atom. The summed E-state index contributed by atoms with van der Waals surface area (Å²) in [5.41, 5.74) is 6.05. The number of β-amino-alcohol motifs (C(OH)–C–C–N with tert-alkyl or cyclic N) is 2. The fourth-order valence-electron chi connectivity index (χ4n) is 5.20. The Bertz CT molecular complexity index is 1020. The molecule has 0 saturated carbocycles. The van der Waals surface area contributed by atoms with Gasteiger partial charge in [-0.3, -0.25) is 14.6 Å². The first kappa shape index (κ1) is 32.5. The molecule has 2 aromatic rings. The SMILES string of the molecule is Cl.Cl.Cl.O=C1/C(=C/c2ccc(CN3CCC(O)C3)cc2)CNC/C1=C\c1ccc(CN2CCC(O)C2)cc1. The molecule has 6 nitrogen and oxygen atoms in total. The van der Waals surface area contributed by atoms with Gasteiger partial charge >= 0.3 is 0 Å². The Kier molecular flexibility index (Phi) is 12.9. The summed E-state index contributed by atoms with van der Waals surface area (Å²) < 4.78 is 0.